The molecule has 2 N–H and O–H groups in total. The highest BCUT2D eigenvalue weighted by Crippen LogP contribution is 2.29. The lowest BCUT2D eigenvalue weighted by Gasteiger charge is -2.21. The summed E-state index contributed by atoms with van der Waals surface area (Å²) in [5.41, 5.74) is 0.0962. The lowest BCUT2D eigenvalue weighted by atomic mass is 9.96. The molecule has 1 unspecified atom stereocenters. The van der Waals surface area contributed by atoms with Gasteiger partial charge in [0.25, 0.3) is 5.91 Å². The standard InChI is InChI=1S/C16H26N2O4S/c1-4-6-13-7-5-9-18(10-8-13)16(19)14-11(2)22-12(3)15(14)23(17,20)21/h13H,4-10H2,1-3H3,(H2,17,20,21). The van der Waals surface area contributed by atoms with E-state index in [0.29, 0.717) is 24.8 Å². The molecule has 1 aliphatic heterocycles. The molecule has 130 valence electrons. The van der Waals surface area contributed by atoms with E-state index in [1.165, 1.54) is 13.3 Å². The number of carbonyl (C=O) groups is 1. The van der Waals surface area contributed by atoms with Gasteiger partial charge in [0, 0.05) is 13.1 Å². The van der Waals surface area contributed by atoms with Gasteiger partial charge in [0.15, 0.2) is 0 Å². The summed E-state index contributed by atoms with van der Waals surface area (Å²) in [5, 5.41) is 5.27. The zero-order valence-corrected chi connectivity index (χ0v) is 14.9. The SMILES string of the molecule is CCCC1CCCN(C(=O)c2c(C)oc(C)c2S(N)(=O)=O)CC1. The third kappa shape index (κ3) is 3.95. The van der Waals surface area contributed by atoms with Crippen molar-refractivity contribution in [2.24, 2.45) is 11.1 Å². The molecule has 23 heavy (non-hydrogen) atoms. The van der Waals surface area contributed by atoms with Crippen molar-refractivity contribution in [1.82, 2.24) is 4.90 Å². The highest BCUT2D eigenvalue weighted by molar-refractivity contribution is 7.89. The van der Waals surface area contributed by atoms with Gasteiger partial charge in [0.05, 0.1) is 0 Å². The zero-order chi connectivity index (χ0) is 17.2. The van der Waals surface area contributed by atoms with Gasteiger partial charge in [-0.05, 0) is 39.0 Å². The van der Waals surface area contributed by atoms with Crippen molar-refractivity contribution >= 4 is 15.9 Å². The average molecular weight is 342 g/mol. The summed E-state index contributed by atoms with van der Waals surface area (Å²) in [6.45, 7) is 6.59. The average Bonchev–Trinajstić information content (AvgIpc) is 2.61. The van der Waals surface area contributed by atoms with Crippen LogP contribution in [0.4, 0.5) is 0 Å². The van der Waals surface area contributed by atoms with Gasteiger partial charge in [-0.2, -0.15) is 0 Å². The first-order valence-electron chi connectivity index (χ1n) is 8.17. The Morgan fingerprint density at radius 3 is 2.57 bits per heavy atom. The fourth-order valence-corrected chi connectivity index (χ4v) is 4.43. The lowest BCUT2D eigenvalue weighted by molar-refractivity contribution is 0.0754. The van der Waals surface area contributed by atoms with Crippen LogP contribution < -0.4 is 5.14 Å². The summed E-state index contributed by atoms with van der Waals surface area (Å²) in [5.74, 6) is 0.834. The van der Waals surface area contributed by atoms with Crippen molar-refractivity contribution in [2.75, 3.05) is 13.1 Å². The van der Waals surface area contributed by atoms with Crippen LogP contribution in [0.3, 0.4) is 0 Å². The van der Waals surface area contributed by atoms with E-state index in [-0.39, 0.29) is 22.1 Å². The number of nitrogens with zero attached hydrogens (tertiary/aromatic N) is 1. The van der Waals surface area contributed by atoms with Crippen LogP contribution in [-0.2, 0) is 10.0 Å². The monoisotopic (exact) mass is 342 g/mol. The highest BCUT2D eigenvalue weighted by atomic mass is 32.2. The Morgan fingerprint density at radius 1 is 1.26 bits per heavy atom. The van der Waals surface area contributed by atoms with Crippen LogP contribution in [0, 0.1) is 19.8 Å². The summed E-state index contributed by atoms with van der Waals surface area (Å²) >= 11 is 0. The molecule has 0 bridgehead atoms. The number of rotatable bonds is 4. The maximum atomic E-state index is 12.9. The van der Waals surface area contributed by atoms with E-state index in [2.05, 4.69) is 6.92 Å². The highest BCUT2D eigenvalue weighted by Gasteiger charge is 2.32. The maximum absolute atomic E-state index is 12.9. The summed E-state index contributed by atoms with van der Waals surface area (Å²) in [6.07, 6.45) is 5.34. The van der Waals surface area contributed by atoms with Crippen molar-refractivity contribution in [3.63, 3.8) is 0 Å². The van der Waals surface area contributed by atoms with Crippen LogP contribution in [0.2, 0.25) is 0 Å². The molecule has 1 amide bonds. The maximum Gasteiger partial charge on any atom is 0.258 e. The summed E-state index contributed by atoms with van der Waals surface area (Å²) in [7, 11) is -4.00. The molecule has 1 aromatic heterocycles. The Labute approximate surface area is 138 Å². The van der Waals surface area contributed by atoms with Gasteiger partial charge in [-0.1, -0.05) is 19.8 Å². The molecule has 0 aromatic carbocycles. The molecule has 1 atom stereocenters. The number of nitrogens with two attached hydrogens (primary N) is 1. The van der Waals surface area contributed by atoms with Crippen LogP contribution in [0.25, 0.3) is 0 Å². The second-order valence-electron chi connectivity index (χ2n) is 6.34. The molecule has 6 nitrogen and oxygen atoms in total. The molecule has 1 aliphatic rings. The first kappa shape index (κ1) is 18.0. The van der Waals surface area contributed by atoms with E-state index < -0.39 is 10.0 Å². The number of aryl methyl sites for hydroxylation is 2. The number of primary sulfonamides is 1. The van der Waals surface area contributed by atoms with Gasteiger partial charge in [-0.3, -0.25) is 4.79 Å². The summed E-state index contributed by atoms with van der Waals surface area (Å²) < 4.78 is 29.0. The Kier molecular flexibility index (Phi) is 5.52. The van der Waals surface area contributed by atoms with Crippen molar-refractivity contribution in [3.8, 4) is 0 Å². The molecule has 2 heterocycles. The predicted octanol–water partition coefficient (Wildman–Crippen LogP) is 2.59. The van der Waals surface area contributed by atoms with Gasteiger partial charge in [0.1, 0.15) is 22.0 Å². The van der Waals surface area contributed by atoms with Crippen molar-refractivity contribution in [3.05, 3.63) is 17.1 Å². The van der Waals surface area contributed by atoms with E-state index in [0.717, 1.165) is 25.7 Å². The minimum atomic E-state index is -4.00. The smallest absolute Gasteiger partial charge is 0.258 e. The van der Waals surface area contributed by atoms with Crippen LogP contribution >= 0.6 is 0 Å². The van der Waals surface area contributed by atoms with Crippen molar-refractivity contribution in [1.29, 1.82) is 0 Å². The normalized spacial score (nSPS) is 19.7. The van der Waals surface area contributed by atoms with Gasteiger partial charge >= 0.3 is 0 Å². The molecule has 0 spiro atoms. The first-order chi connectivity index (χ1) is 10.8. The van der Waals surface area contributed by atoms with Crippen molar-refractivity contribution in [2.45, 2.75) is 57.8 Å². The Balaban J connectivity index is 2.28. The van der Waals surface area contributed by atoms with Gasteiger partial charge in [-0.25, -0.2) is 13.6 Å². The topological polar surface area (TPSA) is 93.6 Å². The lowest BCUT2D eigenvalue weighted by Crippen LogP contribution is -2.33. The third-order valence-electron chi connectivity index (χ3n) is 4.54. The van der Waals surface area contributed by atoms with Gasteiger partial charge in [0.2, 0.25) is 10.0 Å². The second-order valence-corrected chi connectivity index (χ2v) is 7.84. The minimum Gasteiger partial charge on any atom is -0.464 e. The molecule has 0 aliphatic carbocycles. The number of sulfonamides is 1. The number of hydrogen-bond acceptors (Lipinski definition) is 4. The summed E-state index contributed by atoms with van der Waals surface area (Å²) in [4.78, 5) is 14.4. The molecule has 2 rings (SSSR count). The van der Waals surface area contributed by atoms with E-state index in [1.54, 1.807) is 11.8 Å². The van der Waals surface area contributed by atoms with Crippen molar-refractivity contribution < 1.29 is 17.6 Å². The Hall–Kier alpha value is -1.34. The van der Waals surface area contributed by atoms with E-state index in [1.807, 2.05) is 0 Å². The largest absolute Gasteiger partial charge is 0.464 e. The molecule has 1 aromatic rings. The van der Waals surface area contributed by atoms with Crippen LogP contribution in [0.5, 0.6) is 0 Å². The van der Waals surface area contributed by atoms with Crippen LogP contribution in [0.15, 0.2) is 9.31 Å². The van der Waals surface area contributed by atoms with E-state index in [9.17, 15) is 13.2 Å². The van der Waals surface area contributed by atoms with Gasteiger partial charge in [-0.15, -0.1) is 0 Å². The predicted molar refractivity (Wildman–Crippen MR) is 87.7 cm³/mol. The number of hydrogen-bond donors (Lipinski definition) is 1. The van der Waals surface area contributed by atoms with Gasteiger partial charge < -0.3 is 9.32 Å². The summed E-state index contributed by atoms with van der Waals surface area (Å²) in [6, 6.07) is 0. The number of amides is 1. The molecule has 0 saturated carbocycles. The molecule has 7 heteroatoms. The third-order valence-corrected chi connectivity index (χ3v) is 5.60. The molecular formula is C16H26N2O4S. The number of furan rings is 1. The Bertz CT molecular complexity index is 678. The number of likely N-dealkylation sites (tertiary alicyclic amines) is 1. The molecule has 1 fully saturated rings. The fourth-order valence-electron chi connectivity index (χ4n) is 3.48. The Morgan fingerprint density at radius 2 is 1.96 bits per heavy atom. The molecular weight excluding hydrogens is 316 g/mol. The number of carbonyl (C=O) groups excluding carboxylic acids is 1. The first-order valence-corrected chi connectivity index (χ1v) is 9.72. The second kappa shape index (κ2) is 7.05. The van der Waals surface area contributed by atoms with Crippen LogP contribution in [0.1, 0.15) is 60.9 Å². The molecule has 0 radical (unpaired) electrons. The zero-order valence-electron chi connectivity index (χ0n) is 14.1. The quantitative estimate of drug-likeness (QED) is 0.910. The van der Waals surface area contributed by atoms with E-state index in [4.69, 9.17) is 9.56 Å². The fraction of sp³-hybridized carbons (Fsp3) is 0.688. The minimum absolute atomic E-state index is 0.0962. The van der Waals surface area contributed by atoms with Crippen LogP contribution in [-0.4, -0.2) is 32.3 Å². The van der Waals surface area contributed by atoms with E-state index >= 15 is 0 Å². The molecule has 1 saturated heterocycles.